The molecule has 106 valence electrons. The van der Waals surface area contributed by atoms with Crippen molar-refractivity contribution in [2.45, 2.75) is 17.6 Å². The molecule has 21 heavy (non-hydrogen) atoms. The van der Waals surface area contributed by atoms with E-state index in [0.29, 0.717) is 16.6 Å². The van der Waals surface area contributed by atoms with Crippen LogP contribution in [0.15, 0.2) is 47.5 Å². The highest BCUT2D eigenvalue weighted by molar-refractivity contribution is 7.98. The van der Waals surface area contributed by atoms with Gasteiger partial charge >= 0.3 is 0 Å². The molecule has 0 aliphatic heterocycles. The lowest BCUT2D eigenvalue weighted by Gasteiger charge is -1.99. The first-order chi connectivity index (χ1) is 10.2. The van der Waals surface area contributed by atoms with Gasteiger partial charge in [-0.3, -0.25) is 4.98 Å². The predicted octanol–water partition coefficient (Wildman–Crippen LogP) is 3.31. The highest BCUT2D eigenvalue weighted by Gasteiger charge is 2.06. The van der Waals surface area contributed by atoms with Crippen LogP contribution in [0.1, 0.15) is 11.5 Å². The molecule has 3 rings (SSSR count). The zero-order valence-electron chi connectivity index (χ0n) is 11.3. The maximum atomic E-state index is 5.86. The first kappa shape index (κ1) is 14.0. The molecule has 0 unspecified atom stereocenters. The average molecular weight is 318 g/mol. The van der Waals surface area contributed by atoms with Crippen LogP contribution < -0.4 is 0 Å². The van der Waals surface area contributed by atoms with Crippen LogP contribution in [0, 0.1) is 6.92 Å². The van der Waals surface area contributed by atoms with Crippen molar-refractivity contribution in [1.82, 2.24) is 25.2 Å². The minimum absolute atomic E-state index is 0.664. The van der Waals surface area contributed by atoms with E-state index in [9.17, 15) is 0 Å². The van der Waals surface area contributed by atoms with E-state index in [1.54, 1.807) is 30.1 Å². The van der Waals surface area contributed by atoms with E-state index in [1.807, 2.05) is 31.2 Å². The van der Waals surface area contributed by atoms with Gasteiger partial charge in [0.2, 0.25) is 0 Å². The van der Waals surface area contributed by atoms with Gasteiger partial charge in [-0.25, -0.2) is 0 Å². The summed E-state index contributed by atoms with van der Waals surface area (Å²) in [5, 5.41) is 13.2. The third-order valence-electron chi connectivity index (χ3n) is 2.75. The molecule has 7 heteroatoms. The third-order valence-corrected chi connectivity index (χ3v) is 3.99. The smallest absolute Gasteiger partial charge is 0.185 e. The van der Waals surface area contributed by atoms with Gasteiger partial charge in [0.05, 0.1) is 11.4 Å². The molecule has 1 aromatic carbocycles. The lowest BCUT2D eigenvalue weighted by Crippen LogP contribution is -1.98. The van der Waals surface area contributed by atoms with E-state index >= 15 is 0 Å². The van der Waals surface area contributed by atoms with Gasteiger partial charge in [-0.15, -0.1) is 26.8 Å². The van der Waals surface area contributed by atoms with Gasteiger partial charge in [-0.2, -0.15) is 0 Å². The molecule has 0 radical (unpaired) electrons. The van der Waals surface area contributed by atoms with Crippen molar-refractivity contribution in [3.8, 4) is 5.69 Å². The Bertz CT molecular complexity index is 741. The predicted molar refractivity (Wildman–Crippen MR) is 82.7 cm³/mol. The molecular weight excluding hydrogens is 306 g/mol. The van der Waals surface area contributed by atoms with Gasteiger partial charge in [0.1, 0.15) is 0 Å². The lowest BCUT2D eigenvalue weighted by atomic mass is 10.3. The van der Waals surface area contributed by atoms with Gasteiger partial charge < -0.3 is 0 Å². The summed E-state index contributed by atoms with van der Waals surface area (Å²) in [7, 11) is 0. The number of hydrogen-bond acceptors (Lipinski definition) is 5. The van der Waals surface area contributed by atoms with E-state index < -0.39 is 0 Å². The Balaban J connectivity index is 1.69. The van der Waals surface area contributed by atoms with Gasteiger partial charge in [0.15, 0.2) is 5.82 Å². The molecule has 0 fully saturated rings. The largest absolute Gasteiger partial charge is 0.262 e. The van der Waals surface area contributed by atoms with E-state index in [-0.39, 0.29) is 0 Å². The number of hydrogen-bond donors (Lipinski definition) is 0. The fourth-order valence-corrected chi connectivity index (χ4v) is 2.69. The lowest BCUT2D eigenvalue weighted by molar-refractivity contribution is 0.719. The summed E-state index contributed by atoms with van der Waals surface area (Å²) >= 11 is 7.52. The Morgan fingerprint density at radius 1 is 1.19 bits per heavy atom. The normalized spacial score (nSPS) is 10.8. The Hall–Kier alpha value is -1.92. The second-order valence-electron chi connectivity index (χ2n) is 4.39. The Morgan fingerprint density at radius 2 is 2.00 bits per heavy atom. The quantitative estimate of drug-likeness (QED) is 0.691. The number of nitrogens with zero attached hydrogens (tertiary/aromatic N) is 5. The summed E-state index contributed by atoms with van der Waals surface area (Å²) < 4.78 is 0. The average Bonchev–Trinajstić information content (AvgIpc) is 2.95. The molecule has 0 N–H and O–H groups in total. The summed E-state index contributed by atoms with van der Waals surface area (Å²) in [5.41, 5.74) is 1.83. The van der Waals surface area contributed by atoms with Crippen LogP contribution in [0.5, 0.6) is 0 Å². The molecule has 0 aliphatic rings. The second kappa shape index (κ2) is 6.24. The fourth-order valence-electron chi connectivity index (χ4n) is 1.74. The minimum Gasteiger partial charge on any atom is -0.262 e. The van der Waals surface area contributed by atoms with Gasteiger partial charge in [0.25, 0.3) is 0 Å². The number of tetrazole rings is 1. The number of thioether (sulfide) groups is 1. The minimum atomic E-state index is 0.664. The molecule has 2 aromatic heterocycles. The maximum absolute atomic E-state index is 5.86. The summed E-state index contributed by atoms with van der Waals surface area (Å²) in [4.78, 5) is 6.82. The molecule has 0 atom stereocenters. The molecule has 0 spiro atoms. The monoisotopic (exact) mass is 317 g/mol. The van der Waals surface area contributed by atoms with Gasteiger partial charge in [-0.1, -0.05) is 11.6 Å². The van der Waals surface area contributed by atoms with Crippen molar-refractivity contribution in [3.63, 3.8) is 0 Å². The van der Waals surface area contributed by atoms with Gasteiger partial charge in [-0.05, 0) is 48.5 Å². The number of halogens is 1. The zero-order valence-corrected chi connectivity index (χ0v) is 12.8. The molecule has 0 amide bonds. The number of aromatic nitrogens is 5. The SMILES string of the molecule is Cc1cc(SCc2nnn(-c3ccc(Cl)cc3)n2)ccn1. The van der Waals surface area contributed by atoms with Crippen LogP contribution in [0.2, 0.25) is 5.02 Å². The summed E-state index contributed by atoms with van der Waals surface area (Å²) in [6.07, 6.45) is 1.80. The van der Waals surface area contributed by atoms with Crippen LogP contribution >= 0.6 is 23.4 Å². The Kier molecular flexibility index (Phi) is 4.17. The molecule has 3 aromatic rings. The number of benzene rings is 1. The molecule has 0 bridgehead atoms. The molecule has 5 nitrogen and oxygen atoms in total. The van der Waals surface area contributed by atoms with E-state index in [1.165, 1.54) is 4.80 Å². The van der Waals surface area contributed by atoms with Crippen molar-refractivity contribution >= 4 is 23.4 Å². The molecule has 0 aliphatic carbocycles. The highest BCUT2D eigenvalue weighted by atomic mass is 35.5. The van der Waals surface area contributed by atoms with Crippen molar-refractivity contribution in [2.24, 2.45) is 0 Å². The van der Waals surface area contributed by atoms with E-state index in [0.717, 1.165) is 16.3 Å². The van der Waals surface area contributed by atoms with E-state index in [2.05, 4.69) is 20.4 Å². The molecular formula is C14H12ClN5S. The first-order valence-corrected chi connectivity index (χ1v) is 7.67. The van der Waals surface area contributed by atoms with Crippen molar-refractivity contribution in [3.05, 3.63) is 59.1 Å². The highest BCUT2D eigenvalue weighted by Crippen LogP contribution is 2.21. The van der Waals surface area contributed by atoms with Crippen molar-refractivity contribution in [2.75, 3.05) is 0 Å². The topological polar surface area (TPSA) is 56.5 Å². The van der Waals surface area contributed by atoms with Crippen LogP contribution in [0.3, 0.4) is 0 Å². The zero-order chi connectivity index (χ0) is 14.7. The Labute approximate surface area is 131 Å². The second-order valence-corrected chi connectivity index (χ2v) is 5.88. The van der Waals surface area contributed by atoms with Crippen molar-refractivity contribution < 1.29 is 0 Å². The summed E-state index contributed by atoms with van der Waals surface area (Å²) in [6.45, 7) is 1.97. The summed E-state index contributed by atoms with van der Waals surface area (Å²) in [5.74, 6) is 1.35. The molecule has 0 saturated carbocycles. The van der Waals surface area contributed by atoms with Crippen LogP contribution in [0.25, 0.3) is 5.69 Å². The number of rotatable bonds is 4. The fraction of sp³-hybridized carbons (Fsp3) is 0.143. The number of aryl methyl sites for hydroxylation is 1. The maximum Gasteiger partial charge on any atom is 0.185 e. The summed E-state index contributed by atoms with van der Waals surface area (Å²) in [6, 6.07) is 11.3. The van der Waals surface area contributed by atoms with Crippen LogP contribution in [-0.2, 0) is 5.75 Å². The standard InChI is InChI=1S/C14H12ClN5S/c1-10-8-13(6-7-16-10)21-9-14-17-19-20(18-14)12-4-2-11(15)3-5-12/h2-8H,9H2,1H3. The van der Waals surface area contributed by atoms with E-state index in [4.69, 9.17) is 11.6 Å². The van der Waals surface area contributed by atoms with Gasteiger partial charge in [0, 0.05) is 21.8 Å². The molecule has 2 heterocycles. The Morgan fingerprint density at radius 3 is 2.76 bits per heavy atom. The third kappa shape index (κ3) is 3.59. The van der Waals surface area contributed by atoms with Crippen LogP contribution in [0.4, 0.5) is 0 Å². The first-order valence-electron chi connectivity index (χ1n) is 6.31. The van der Waals surface area contributed by atoms with Crippen LogP contribution in [-0.4, -0.2) is 25.2 Å². The number of pyridine rings is 1. The molecule has 0 saturated heterocycles. The van der Waals surface area contributed by atoms with Crippen molar-refractivity contribution in [1.29, 1.82) is 0 Å².